The van der Waals surface area contributed by atoms with Crippen molar-refractivity contribution in [2.75, 3.05) is 23.3 Å². The number of amides is 1. The van der Waals surface area contributed by atoms with Crippen LogP contribution in [0.4, 0.5) is 11.6 Å². The lowest BCUT2D eigenvalue weighted by Crippen LogP contribution is -2.38. The summed E-state index contributed by atoms with van der Waals surface area (Å²) in [6.07, 6.45) is 7.60. The topological polar surface area (TPSA) is 71.0 Å². The number of carbonyl (C=O) groups is 1. The van der Waals surface area contributed by atoms with Crippen molar-refractivity contribution >= 4 is 33.5 Å². The van der Waals surface area contributed by atoms with Gasteiger partial charge >= 0.3 is 0 Å². The third-order valence-corrected chi connectivity index (χ3v) is 5.24. The van der Waals surface area contributed by atoms with Gasteiger partial charge in [0.25, 0.3) is 0 Å². The molecule has 0 atom stereocenters. The van der Waals surface area contributed by atoms with Crippen molar-refractivity contribution in [1.82, 2.24) is 15.0 Å². The Morgan fingerprint density at radius 1 is 1.12 bits per heavy atom. The highest BCUT2D eigenvalue weighted by Crippen LogP contribution is 2.38. The number of anilines is 2. The van der Waals surface area contributed by atoms with Gasteiger partial charge in [-0.1, -0.05) is 0 Å². The summed E-state index contributed by atoms with van der Waals surface area (Å²) in [7, 11) is 0. The third kappa shape index (κ3) is 3.98. The Morgan fingerprint density at radius 3 is 2.60 bits per heavy atom. The van der Waals surface area contributed by atoms with E-state index in [0.29, 0.717) is 11.7 Å². The molecule has 1 saturated carbocycles. The van der Waals surface area contributed by atoms with E-state index in [1.54, 1.807) is 12.3 Å². The molecule has 1 N–H and O–H groups in total. The van der Waals surface area contributed by atoms with Crippen LogP contribution in [-0.4, -0.2) is 33.9 Å². The lowest BCUT2D eigenvalue weighted by Gasteiger charge is -2.32. The Balaban J connectivity index is 1.33. The zero-order valence-electron chi connectivity index (χ0n) is 13.9. The molecule has 7 heteroatoms. The van der Waals surface area contributed by atoms with E-state index >= 15 is 0 Å². The van der Waals surface area contributed by atoms with Crippen LogP contribution in [0.3, 0.4) is 0 Å². The highest BCUT2D eigenvalue weighted by molar-refractivity contribution is 9.10. The van der Waals surface area contributed by atoms with Crippen LogP contribution in [-0.2, 0) is 4.79 Å². The number of piperidine rings is 1. The van der Waals surface area contributed by atoms with Gasteiger partial charge in [-0.15, -0.1) is 0 Å². The number of rotatable bonds is 4. The number of nitrogens with zero attached hydrogens (tertiary/aromatic N) is 4. The van der Waals surface area contributed by atoms with Crippen LogP contribution in [0.25, 0.3) is 0 Å². The second-order valence-electron chi connectivity index (χ2n) is 6.66. The molecule has 1 saturated heterocycles. The molecular weight excluding hydrogens is 382 g/mol. The Bertz CT molecular complexity index is 754. The van der Waals surface area contributed by atoms with Crippen molar-refractivity contribution in [3.63, 3.8) is 0 Å². The van der Waals surface area contributed by atoms with Crippen molar-refractivity contribution in [2.45, 2.75) is 31.6 Å². The summed E-state index contributed by atoms with van der Waals surface area (Å²) in [5, 5.41) is 2.91. The molecule has 1 aliphatic carbocycles. The van der Waals surface area contributed by atoms with Crippen molar-refractivity contribution in [3.05, 3.63) is 40.9 Å². The van der Waals surface area contributed by atoms with Gasteiger partial charge in [0.05, 0.1) is 0 Å². The molecule has 25 heavy (non-hydrogen) atoms. The highest BCUT2D eigenvalue weighted by Gasteiger charge is 2.29. The van der Waals surface area contributed by atoms with Gasteiger partial charge in [0.15, 0.2) is 0 Å². The lowest BCUT2D eigenvalue weighted by molar-refractivity contribution is -0.120. The normalized spacial score (nSPS) is 18.2. The first-order chi connectivity index (χ1) is 12.2. The van der Waals surface area contributed by atoms with E-state index in [4.69, 9.17) is 4.98 Å². The van der Waals surface area contributed by atoms with Gasteiger partial charge in [-0.3, -0.25) is 4.79 Å². The molecule has 4 rings (SSSR count). The molecule has 1 aliphatic heterocycles. The van der Waals surface area contributed by atoms with Crippen molar-refractivity contribution in [2.24, 2.45) is 5.92 Å². The van der Waals surface area contributed by atoms with Gasteiger partial charge in [-0.05, 0) is 59.8 Å². The van der Waals surface area contributed by atoms with Gasteiger partial charge in [-0.2, -0.15) is 0 Å². The Morgan fingerprint density at radius 2 is 1.92 bits per heavy atom. The molecule has 0 aromatic carbocycles. The van der Waals surface area contributed by atoms with Gasteiger partial charge in [0, 0.05) is 41.8 Å². The summed E-state index contributed by atoms with van der Waals surface area (Å²) in [5.74, 6) is 3.19. The average molecular weight is 402 g/mol. The van der Waals surface area contributed by atoms with E-state index in [0.717, 1.165) is 42.0 Å². The summed E-state index contributed by atoms with van der Waals surface area (Å²) in [6.45, 7) is 1.68. The fraction of sp³-hybridized carbons (Fsp3) is 0.444. The van der Waals surface area contributed by atoms with Crippen LogP contribution < -0.4 is 10.2 Å². The quantitative estimate of drug-likeness (QED) is 0.849. The maximum absolute atomic E-state index is 12.4. The standard InChI is InChI=1S/C18H20BrN5O/c19-14-3-4-15(21-11-14)22-18(25)13-6-9-24(10-7-13)16-5-8-20-17(23-16)12-1-2-12/h3-5,8,11-13H,1-2,6-7,9-10H2,(H,21,22,25). The maximum Gasteiger partial charge on any atom is 0.228 e. The number of halogens is 1. The van der Waals surface area contributed by atoms with E-state index in [1.165, 1.54) is 12.8 Å². The number of nitrogens with one attached hydrogen (secondary N) is 1. The molecule has 0 bridgehead atoms. The fourth-order valence-corrected chi connectivity index (χ4v) is 3.36. The average Bonchev–Trinajstić information content (AvgIpc) is 3.49. The van der Waals surface area contributed by atoms with Gasteiger partial charge in [-0.25, -0.2) is 15.0 Å². The van der Waals surface area contributed by atoms with Crippen molar-refractivity contribution in [3.8, 4) is 0 Å². The molecule has 2 aliphatic rings. The number of pyridine rings is 1. The van der Waals surface area contributed by atoms with E-state index in [2.05, 4.69) is 36.1 Å². The SMILES string of the molecule is O=C(Nc1ccc(Br)cn1)C1CCN(c2ccnc(C3CC3)n2)CC1. The summed E-state index contributed by atoms with van der Waals surface area (Å²) >= 11 is 3.34. The largest absolute Gasteiger partial charge is 0.356 e. The first-order valence-electron chi connectivity index (χ1n) is 8.69. The molecule has 6 nitrogen and oxygen atoms in total. The summed E-state index contributed by atoms with van der Waals surface area (Å²) in [5.41, 5.74) is 0. The molecule has 2 aromatic rings. The summed E-state index contributed by atoms with van der Waals surface area (Å²) < 4.78 is 0.897. The van der Waals surface area contributed by atoms with E-state index in [9.17, 15) is 4.79 Å². The fourth-order valence-electron chi connectivity index (χ4n) is 3.13. The minimum absolute atomic E-state index is 0.0198. The molecule has 130 valence electrons. The summed E-state index contributed by atoms with van der Waals surface area (Å²) in [4.78, 5) is 28.0. The van der Waals surface area contributed by atoms with Crippen LogP contribution >= 0.6 is 15.9 Å². The monoisotopic (exact) mass is 401 g/mol. The maximum atomic E-state index is 12.4. The van der Waals surface area contributed by atoms with Crippen LogP contribution in [0.5, 0.6) is 0 Å². The smallest absolute Gasteiger partial charge is 0.228 e. The molecule has 3 heterocycles. The van der Waals surface area contributed by atoms with E-state index < -0.39 is 0 Å². The Labute approximate surface area is 155 Å². The zero-order valence-corrected chi connectivity index (χ0v) is 15.4. The first-order valence-corrected chi connectivity index (χ1v) is 9.48. The van der Waals surface area contributed by atoms with Gasteiger partial charge in [0.1, 0.15) is 17.5 Å². The predicted octanol–water partition coefficient (Wildman–Crippen LogP) is 3.37. The molecule has 2 fully saturated rings. The summed E-state index contributed by atoms with van der Waals surface area (Å²) in [6, 6.07) is 5.65. The highest BCUT2D eigenvalue weighted by atomic mass is 79.9. The number of hydrogen-bond acceptors (Lipinski definition) is 5. The molecule has 0 spiro atoms. The van der Waals surface area contributed by atoms with Gasteiger partial charge < -0.3 is 10.2 Å². The van der Waals surface area contributed by atoms with E-state index in [-0.39, 0.29) is 11.8 Å². The minimum atomic E-state index is 0.0198. The van der Waals surface area contributed by atoms with Crippen LogP contribution in [0, 0.1) is 5.92 Å². The molecule has 2 aromatic heterocycles. The molecule has 1 amide bonds. The number of carbonyl (C=O) groups excluding carboxylic acids is 1. The van der Waals surface area contributed by atoms with Gasteiger partial charge in [0.2, 0.25) is 5.91 Å². The second kappa shape index (κ2) is 7.07. The van der Waals surface area contributed by atoms with Crippen LogP contribution in [0.2, 0.25) is 0 Å². The zero-order chi connectivity index (χ0) is 17.2. The number of aromatic nitrogens is 3. The minimum Gasteiger partial charge on any atom is -0.356 e. The lowest BCUT2D eigenvalue weighted by atomic mass is 9.96. The second-order valence-corrected chi connectivity index (χ2v) is 7.58. The third-order valence-electron chi connectivity index (χ3n) is 4.77. The Kier molecular flexibility index (Phi) is 4.65. The van der Waals surface area contributed by atoms with Crippen LogP contribution in [0.1, 0.15) is 37.4 Å². The number of hydrogen-bond donors (Lipinski definition) is 1. The van der Waals surface area contributed by atoms with Crippen LogP contribution in [0.15, 0.2) is 35.1 Å². The molecular formula is C18H20BrN5O. The molecule has 0 radical (unpaired) electrons. The van der Waals surface area contributed by atoms with Crippen molar-refractivity contribution in [1.29, 1.82) is 0 Å². The Hall–Kier alpha value is -2.02. The van der Waals surface area contributed by atoms with E-state index in [1.807, 2.05) is 18.3 Å². The van der Waals surface area contributed by atoms with Crippen molar-refractivity contribution < 1.29 is 4.79 Å². The molecule has 0 unspecified atom stereocenters. The first kappa shape index (κ1) is 16.4. The predicted molar refractivity (Wildman–Crippen MR) is 99.5 cm³/mol.